The van der Waals surface area contributed by atoms with E-state index in [0.29, 0.717) is 18.0 Å². The lowest BCUT2D eigenvalue weighted by molar-refractivity contribution is -0.137. The van der Waals surface area contributed by atoms with Crippen LogP contribution in [0.5, 0.6) is 5.75 Å². The van der Waals surface area contributed by atoms with Gasteiger partial charge in [0.1, 0.15) is 11.4 Å². The highest BCUT2D eigenvalue weighted by Gasteiger charge is 2.34. The predicted octanol–water partition coefficient (Wildman–Crippen LogP) is 4.85. The number of halogens is 4. The highest BCUT2D eigenvalue weighted by atomic mass is 35.5. The molecule has 0 saturated carbocycles. The normalized spacial score (nSPS) is 12.5. The maximum Gasteiger partial charge on any atom is 0.418 e. The number of benzene rings is 2. The third kappa shape index (κ3) is 5.47. The zero-order valence-electron chi connectivity index (χ0n) is 16.4. The van der Waals surface area contributed by atoms with E-state index in [1.54, 1.807) is 24.3 Å². The number of thioether (sulfide) groups is 1. The van der Waals surface area contributed by atoms with Crippen molar-refractivity contribution in [1.82, 2.24) is 20.2 Å². The first-order valence-corrected chi connectivity index (χ1v) is 10.3. The molecular weight excluding hydrogens is 455 g/mol. The molecule has 164 valence electrons. The molecule has 0 aliphatic heterocycles. The fourth-order valence-corrected chi connectivity index (χ4v) is 3.59. The zero-order chi connectivity index (χ0) is 22.6. The Labute approximate surface area is 184 Å². The number of carbonyl (C=O) groups is 1. The number of alkyl halides is 3. The van der Waals surface area contributed by atoms with Gasteiger partial charge in [-0.15, -0.1) is 5.10 Å². The predicted molar refractivity (Wildman–Crippen MR) is 111 cm³/mol. The molecule has 3 aromatic rings. The van der Waals surface area contributed by atoms with Crippen molar-refractivity contribution >= 4 is 35.0 Å². The average molecular weight is 472 g/mol. The summed E-state index contributed by atoms with van der Waals surface area (Å²) in [5.41, 5.74) is -0.835. The van der Waals surface area contributed by atoms with Crippen molar-refractivity contribution in [2.24, 2.45) is 0 Å². The van der Waals surface area contributed by atoms with Crippen LogP contribution in [0.4, 0.5) is 18.9 Å². The summed E-state index contributed by atoms with van der Waals surface area (Å²) >= 11 is 6.67. The minimum absolute atomic E-state index is 0.0834. The van der Waals surface area contributed by atoms with Crippen LogP contribution in [0.2, 0.25) is 5.02 Å². The van der Waals surface area contributed by atoms with Crippen LogP contribution >= 0.6 is 23.4 Å². The fourth-order valence-electron chi connectivity index (χ4n) is 2.62. The van der Waals surface area contributed by atoms with E-state index < -0.39 is 22.9 Å². The first-order valence-electron chi connectivity index (χ1n) is 9.05. The van der Waals surface area contributed by atoms with Crippen LogP contribution in [-0.4, -0.2) is 38.0 Å². The molecule has 12 heteroatoms. The van der Waals surface area contributed by atoms with E-state index in [0.717, 1.165) is 23.9 Å². The quantitative estimate of drug-likeness (QED) is 0.496. The Kier molecular flexibility index (Phi) is 7.06. The molecule has 7 nitrogen and oxygen atoms in total. The molecule has 2 aromatic carbocycles. The smallest absolute Gasteiger partial charge is 0.418 e. The lowest BCUT2D eigenvalue weighted by Gasteiger charge is -2.16. The van der Waals surface area contributed by atoms with E-state index in [4.69, 9.17) is 16.3 Å². The van der Waals surface area contributed by atoms with E-state index >= 15 is 0 Å². The standard InChI is InChI=1S/C19H17ClF3N5O2S/c1-3-30-16-7-5-4-6-15(16)28-18(25-26-27-28)31-11(2)17(29)24-14-9-8-12(20)10-13(14)19(21,22)23/h4-11H,3H2,1-2H3,(H,24,29)/t11-/m0/s1. The largest absolute Gasteiger partial charge is 0.492 e. The van der Waals surface area contributed by atoms with E-state index in [-0.39, 0.29) is 15.9 Å². The number of rotatable bonds is 7. The minimum atomic E-state index is -4.67. The van der Waals surface area contributed by atoms with Crippen LogP contribution in [0.15, 0.2) is 47.6 Å². The van der Waals surface area contributed by atoms with Crippen molar-refractivity contribution in [3.63, 3.8) is 0 Å². The summed E-state index contributed by atoms with van der Waals surface area (Å²) in [6, 6.07) is 10.2. The molecule has 1 atom stereocenters. The number of para-hydroxylation sites is 2. The number of aromatic nitrogens is 4. The van der Waals surface area contributed by atoms with Gasteiger partial charge in [-0.05, 0) is 54.6 Å². The summed E-state index contributed by atoms with van der Waals surface area (Å²) in [5, 5.41) is 13.2. The maximum absolute atomic E-state index is 13.3. The van der Waals surface area contributed by atoms with Crippen LogP contribution in [0, 0.1) is 0 Å². The second-order valence-electron chi connectivity index (χ2n) is 6.21. The van der Waals surface area contributed by atoms with Crippen LogP contribution in [0.25, 0.3) is 5.69 Å². The molecule has 0 radical (unpaired) electrons. The van der Waals surface area contributed by atoms with Gasteiger partial charge in [-0.1, -0.05) is 35.5 Å². The summed E-state index contributed by atoms with van der Waals surface area (Å²) in [4.78, 5) is 12.6. The topological polar surface area (TPSA) is 81.9 Å². The Morgan fingerprint density at radius 3 is 2.74 bits per heavy atom. The maximum atomic E-state index is 13.3. The monoisotopic (exact) mass is 471 g/mol. The van der Waals surface area contributed by atoms with Gasteiger partial charge in [0.2, 0.25) is 11.1 Å². The van der Waals surface area contributed by atoms with Gasteiger partial charge in [0, 0.05) is 5.02 Å². The van der Waals surface area contributed by atoms with Gasteiger partial charge < -0.3 is 10.1 Å². The Morgan fingerprint density at radius 1 is 1.29 bits per heavy atom. The van der Waals surface area contributed by atoms with Gasteiger partial charge in [-0.2, -0.15) is 17.9 Å². The summed E-state index contributed by atoms with van der Waals surface area (Å²) < 4.78 is 46.8. The number of hydrogen-bond acceptors (Lipinski definition) is 6. The number of ether oxygens (including phenoxy) is 1. The van der Waals surface area contributed by atoms with Gasteiger partial charge in [0.25, 0.3) is 0 Å². The molecule has 1 aromatic heterocycles. The third-order valence-corrected chi connectivity index (χ3v) is 5.30. The number of amides is 1. The first kappa shape index (κ1) is 22.9. The fraction of sp³-hybridized carbons (Fsp3) is 0.263. The van der Waals surface area contributed by atoms with Gasteiger partial charge in [0.15, 0.2) is 0 Å². The van der Waals surface area contributed by atoms with Crippen molar-refractivity contribution in [2.75, 3.05) is 11.9 Å². The molecule has 0 fully saturated rings. The van der Waals surface area contributed by atoms with Gasteiger partial charge in [0.05, 0.1) is 23.1 Å². The number of hydrogen-bond donors (Lipinski definition) is 1. The van der Waals surface area contributed by atoms with Gasteiger partial charge >= 0.3 is 6.18 Å². The average Bonchev–Trinajstić information content (AvgIpc) is 3.17. The molecule has 0 unspecified atom stereocenters. The van der Waals surface area contributed by atoms with Crippen molar-refractivity contribution < 1.29 is 22.7 Å². The van der Waals surface area contributed by atoms with Crippen molar-refractivity contribution in [3.05, 3.63) is 53.1 Å². The molecule has 0 spiro atoms. The molecule has 1 N–H and O–H groups in total. The van der Waals surface area contributed by atoms with Crippen molar-refractivity contribution in [1.29, 1.82) is 0 Å². The highest BCUT2D eigenvalue weighted by Crippen LogP contribution is 2.37. The second kappa shape index (κ2) is 9.56. The minimum Gasteiger partial charge on any atom is -0.492 e. The molecule has 31 heavy (non-hydrogen) atoms. The molecular formula is C19H17ClF3N5O2S. The van der Waals surface area contributed by atoms with Crippen molar-refractivity contribution in [2.45, 2.75) is 30.4 Å². The lowest BCUT2D eigenvalue weighted by atomic mass is 10.1. The zero-order valence-corrected chi connectivity index (χ0v) is 17.9. The highest BCUT2D eigenvalue weighted by molar-refractivity contribution is 8.00. The number of carbonyl (C=O) groups excluding carboxylic acids is 1. The van der Waals surface area contributed by atoms with E-state index in [9.17, 15) is 18.0 Å². The lowest BCUT2D eigenvalue weighted by Crippen LogP contribution is -2.24. The van der Waals surface area contributed by atoms with E-state index in [1.165, 1.54) is 17.7 Å². The summed E-state index contributed by atoms with van der Waals surface area (Å²) in [6.45, 7) is 3.81. The Morgan fingerprint density at radius 2 is 2.03 bits per heavy atom. The molecule has 3 rings (SSSR count). The third-order valence-electron chi connectivity index (χ3n) is 4.03. The number of tetrazole rings is 1. The molecule has 0 saturated heterocycles. The summed E-state index contributed by atoms with van der Waals surface area (Å²) in [6.07, 6.45) is -4.67. The second-order valence-corrected chi connectivity index (χ2v) is 7.96. The number of nitrogens with zero attached hydrogens (tertiary/aromatic N) is 4. The summed E-state index contributed by atoms with van der Waals surface area (Å²) in [5.74, 6) is -0.0993. The van der Waals surface area contributed by atoms with Crippen molar-refractivity contribution in [3.8, 4) is 11.4 Å². The Bertz CT molecular complexity index is 1080. The first-order chi connectivity index (χ1) is 14.7. The van der Waals surface area contributed by atoms with Gasteiger partial charge in [-0.3, -0.25) is 4.79 Å². The molecule has 1 amide bonds. The number of nitrogens with one attached hydrogen (secondary N) is 1. The van der Waals surface area contributed by atoms with E-state index in [2.05, 4.69) is 20.8 Å². The molecule has 1 heterocycles. The Balaban J connectivity index is 1.80. The van der Waals surface area contributed by atoms with Crippen LogP contribution in [0.3, 0.4) is 0 Å². The number of anilines is 1. The molecule has 0 bridgehead atoms. The molecule has 0 aliphatic carbocycles. The molecule has 0 aliphatic rings. The van der Waals surface area contributed by atoms with Crippen LogP contribution < -0.4 is 10.1 Å². The van der Waals surface area contributed by atoms with E-state index in [1.807, 2.05) is 6.92 Å². The Hall–Kier alpha value is -2.79. The van der Waals surface area contributed by atoms with Crippen LogP contribution in [0.1, 0.15) is 19.4 Å². The van der Waals surface area contributed by atoms with Gasteiger partial charge in [-0.25, -0.2) is 0 Å². The summed E-state index contributed by atoms with van der Waals surface area (Å²) in [7, 11) is 0. The SMILES string of the molecule is CCOc1ccccc1-n1nnnc1S[C@@H](C)C(=O)Nc1ccc(Cl)cc1C(F)(F)F. The van der Waals surface area contributed by atoms with Crippen LogP contribution in [-0.2, 0) is 11.0 Å².